The van der Waals surface area contributed by atoms with Gasteiger partial charge < -0.3 is 5.11 Å². The molecule has 0 aliphatic carbocycles. The van der Waals surface area contributed by atoms with Gasteiger partial charge in [-0.1, -0.05) is 6.92 Å². The lowest BCUT2D eigenvalue weighted by atomic mass is 9.95. The predicted octanol–water partition coefficient (Wildman–Crippen LogP) is 1.38. The summed E-state index contributed by atoms with van der Waals surface area (Å²) in [5, 5.41) is 12.5. The van der Waals surface area contributed by atoms with Crippen LogP contribution in [0.15, 0.2) is 0 Å². The van der Waals surface area contributed by atoms with Crippen LogP contribution in [0.1, 0.15) is 34.1 Å². The van der Waals surface area contributed by atoms with E-state index in [-0.39, 0.29) is 17.0 Å². The zero-order chi connectivity index (χ0) is 15.3. The van der Waals surface area contributed by atoms with Crippen molar-refractivity contribution in [1.82, 2.24) is 5.32 Å². The first kappa shape index (κ1) is 18.7. The third-order valence-corrected chi connectivity index (χ3v) is 5.01. The van der Waals surface area contributed by atoms with Crippen LogP contribution in [0.4, 0.5) is 0 Å². The first-order valence-electron chi connectivity index (χ1n) is 6.26. The summed E-state index contributed by atoms with van der Waals surface area (Å²) >= 11 is 1.49. The Bertz CT molecular complexity index is 395. The molecule has 0 bridgehead atoms. The van der Waals surface area contributed by atoms with Crippen LogP contribution in [0.5, 0.6) is 0 Å². The fourth-order valence-corrected chi connectivity index (χ4v) is 4.33. The molecule has 7 heteroatoms. The molecule has 0 radical (unpaired) electrons. The third kappa shape index (κ3) is 8.49. The summed E-state index contributed by atoms with van der Waals surface area (Å²) in [6.07, 6.45) is 1.66. The Labute approximate surface area is 120 Å². The highest BCUT2D eigenvalue weighted by Crippen LogP contribution is 2.23. The summed E-state index contributed by atoms with van der Waals surface area (Å²) in [5.41, 5.74) is -0.980. The topological polar surface area (TPSA) is 83.5 Å². The van der Waals surface area contributed by atoms with E-state index in [0.29, 0.717) is 12.2 Å². The van der Waals surface area contributed by atoms with Gasteiger partial charge in [-0.2, -0.15) is 11.8 Å². The van der Waals surface area contributed by atoms with Crippen LogP contribution in [0.2, 0.25) is 0 Å². The van der Waals surface area contributed by atoms with Crippen molar-refractivity contribution in [3.63, 3.8) is 0 Å². The van der Waals surface area contributed by atoms with Crippen LogP contribution in [0.25, 0.3) is 0 Å². The van der Waals surface area contributed by atoms with Crippen molar-refractivity contribution in [2.24, 2.45) is 0 Å². The van der Waals surface area contributed by atoms with Crippen molar-refractivity contribution < 1.29 is 18.3 Å². The van der Waals surface area contributed by atoms with Crippen LogP contribution in [0, 0.1) is 0 Å². The Kier molecular flexibility index (Phi) is 7.39. The second kappa shape index (κ2) is 7.50. The van der Waals surface area contributed by atoms with Crippen molar-refractivity contribution in [2.75, 3.05) is 17.8 Å². The second-order valence-corrected chi connectivity index (χ2v) is 9.26. The standard InChI is InChI=1S/C12H25NO4S2/c1-9(2)13-12(4,11(14)15)8-10(3)18-6-7-19(5,16)17/h9-10,13H,6-8H2,1-5H3,(H,14,15). The maximum Gasteiger partial charge on any atom is 0.323 e. The molecule has 114 valence electrons. The number of thioether (sulfide) groups is 1. The molecule has 0 aliphatic rings. The van der Waals surface area contributed by atoms with E-state index in [1.807, 2.05) is 20.8 Å². The molecule has 0 heterocycles. The summed E-state index contributed by atoms with van der Waals surface area (Å²) in [5.74, 6) is -0.252. The highest BCUT2D eigenvalue weighted by Gasteiger charge is 2.35. The number of nitrogens with one attached hydrogen (secondary N) is 1. The molecule has 0 spiro atoms. The molecule has 0 aromatic rings. The fourth-order valence-electron chi connectivity index (χ4n) is 1.88. The molecule has 0 saturated heterocycles. The number of carbonyl (C=O) groups is 1. The van der Waals surface area contributed by atoms with Crippen LogP contribution < -0.4 is 5.32 Å². The van der Waals surface area contributed by atoms with Crippen LogP contribution >= 0.6 is 11.8 Å². The van der Waals surface area contributed by atoms with Crippen molar-refractivity contribution in [3.8, 4) is 0 Å². The van der Waals surface area contributed by atoms with Crippen molar-refractivity contribution in [3.05, 3.63) is 0 Å². The number of hydrogen-bond donors (Lipinski definition) is 2. The average Bonchev–Trinajstić information content (AvgIpc) is 2.12. The van der Waals surface area contributed by atoms with Crippen LogP contribution in [0.3, 0.4) is 0 Å². The van der Waals surface area contributed by atoms with Gasteiger partial charge in [-0.05, 0) is 27.2 Å². The molecule has 0 amide bonds. The third-order valence-electron chi connectivity index (χ3n) is 2.63. The Hall–Kier alpha value is -0.270. The fraction of sp³-hybridized carbons (Fsp3) is 0.917. The molecule has 5 nitrogen and oxygen atoms in total. The van der Waals surface area contributed by atoms with Gasteiger partial charge in [0.05, 0.1) is 5.75 Å². The molecule has 0 aromatic heterocycles. The van der Waals surface area contributed by atoms with Crippen molar-refractivity contribution >= 4 is 27.6 Å². The van der Waals surface area contributed by atoms with Gasteiger partial charge >= 0.3 is 5.97 Å². The number of carboxylic acid groups (broad SMARTS) is 1. The largest absolute Gasteiger partial charge is 0.480 e. The summed E-state index contributed by atoms with van der Waals surface area (Å²) in [4.78, 5) is 11.4. The summed E-state index contributed by atoms with van der Waals surface area (Å²) in [6.45, 7) is 7.41. The van der Waals surface area contributed by atoms with E-state index < -0.39 is 21.3 Å². The minimum atomic E-state index is -2.95. The first-order chi connectivity index (χ1) is 8.46. The zero-order valence-corrected chi connectivity index (χ0v) is 13.9. The molecule has 0 aliphatic heterocycles. The van der Waals surface area contributed by atoms with Gasteiger partial charge in [0.2, 0.25) is 0 Å². The Morgan fingerprint density at radius 1 is 1.37 bits per heavy atom. The molecule has 2 N–H and O–H groups in total. The second-order valence-electron chi connectivity index (χ2n) is 5.45. The van der Waals surface area contributed by atoms with Gasteiger partial charge in [-0.3, -0.25) is 10.1 Å². The number of sulfone groups is 1. The number of aliphatic carboxylic acids is 1. The number of hydrogen-bond acceptors (Lipinski definition) is 5. The van der Waals surface area contributed by atoms with E-state index in [9.17, 15) is 18.3 Å². The lowest BCUT2D eigenvalue weighted by Crippen LogP contribution is -2.53. The maximum atomic E-state index is 11.4. The normalized spacial score (nSPS) is 17.2. The van der Waals surface area contributed by atoms with E-state index >= 15 is 0 Å². The Morgan fingerprint density at radius 2 is 1.89 bits per heavy atom. The number of rotatable bonds is 9. The van der Waals surface area contributed by atoms with Crippen molar-refractivity contribution in [2.45, 2.75) is 50.9 Å². The molecule has 0 fully saturated rings. The summed E-state index contributed by atoms with van der Waals surface area (Å²) in [6, 6.07) is 0.0781. The monoisotopic (exact) mass is 311 g/mol. The first-order valence-corrected chi connectivity index (χ1v) is 9.37. The van der Waals surface area contributed by atoms with Gasteiger partial charge in [-0.15, -0.1) is 0 Å². The Morgan fingerprint density at radius 3 is 2.26 bits per heavy atom. The summed E-state index contributed by atoms with van der Waals surface area (Å²) in [7, 11) is -2.95. The quantitative estimate of drug-likeness (QED) is 0.669. The molecular weight excluding hydrogens is 286 g/mol. The van der Waals surface area contributed by atoms with Gasteiger partial charge in [0.1, 0.15) is 15.4 Å². The molecule has 2 atom stereocenters. The maximum absolute atomic E-state index is 11.4. The lowest BCUT2D eigenvalue weighted by Gasteiger charge is -2.31. The van der Waals surface area contributed by atoms with Gasteiger partial charge in [0.15, 0.2) is 0 Å². The van der Waals surface area contributed by atoms with Gasteiger partial charge in [-0.25, -0.2) is 8.42 Å². The lowest BCUT2D eigenvalue weighted by molar-refractivity contribution is -0.144. The highest BCUT2D eigenvalue weighted by molar-refractivity contribution is 8.01. The minimum absolute atomic E-state index is 0.0779. The Balaban J connectivity index is 4.40. The molecule has 0 rings (SSSR count). The predicted molar refractivity (Wildman–Crippen MR) is 80.6 cm³/mol. The number of carboxylic acids is 1. The summed E-state index contributed by atoms with van der Waals surface area (Å²) < 4.78 is 22.1. The van der Waals surface area contributed by atoms with Crippen LogP contribution in [-0.2, 0) is 14.6 Å². The smallest absolute Gasteiger partial charge is 0.323 e. The minimum Gasteiger partial charge on any atom is -0.480 e. The average molecular weight is 311 g/mol. The zero-order valence-electron chi connectivity index (χ0n) is 12.3. The van der Waals surface area contributed by atoms with Gasteiger partial charge in [0.25, 0.3) is 0 Å². The van der Waals surface area contributed by atoms with E-state index in [4.69, 9.17) is 0 Å². The highest BCUT2D eigenvalue weighted by atomic mass is 32.2. The van der Waals surface area contributed by atoms with E-state index in [1.165, 1.54) is 18.0 Å². The van der Waals surface area contributed by atoms with E-state index in [1.54, 1.807) is 6.92 Å². The van der Waals surface area contributed by atoms with Gasteiger partial charge in [0, 0.05) is 23.3 Å². The molecule has 0 saturated carbocycles. The SMILES string of the molecule is CC(C)NC(C)(CC(C)SCCS(C)(=O)=O)C(=O)O. The molecule has 0 aromatic carbocycles. The molecule has 2 unspecified atom stereocenters. The van der Waals surface area contributed by atoms with Crippen molar-refractivity contribution in [1.29, 1.82) is 0 Å². The van der Waals surface area contributed by atoms with E-state index in [2.05, 4.69) is 5.32 Å². The van der Waals surface area contributed by atoms with Crippen LogP contribution in [-0.4, -0.2) is 54.1 Å². The molecular formula is C12H25NO4S2. The van der Waals surface area contributed by atoms with E-state index in [0.717, 1.165) is 0 Å². The molecule has 19 heavy (non-hydrogen) atoms.